The summed E-state index contributed by atoms with van der Waals surface area (Å²) in [6.45, 7) is -0.465. The Balaban J connectivity index is 2.37. The van der Waals surface area contributed by atoms with Crippen LogP contribution in [0.3, 0.4) is 0 Å². The number of nitrogens with zero attached hydrogens (tertiary/aromatic N) is 1. The van der Waals surface area contributed by atoms with Gasteiger partial charge in [0.25, 0.3) is 0 Å². The smallest absolute Gasteiger partial charge is 0.238 e. The van der Waals surface area contributed by atoms with Gasteiger partial charge in [0.15, 0.2) is 0 Å². The van der Waals surface area contributed by atoms with Crippen LogP contribution < -0.4 is 5.32 Å². The zero-order valence-corrected chi connectivity index (χ0v) is 9.89. The second-order valence-corrected chi connectivity index (χ2v) is 4.85. The van der Waals surface area contributed by atoms with Crippen molar-refractivity contribution < 1.29 is 19.2 Å². The number of rotatable bonds is 6. The molecule has 1 heterocycles. The van der Waals surface area contributed by atoms with Crippen LogP contribution in [0.25, 0.3) is 0 Å². The van der Waals surface area contributed by atoms with Gasteiger partial charge in [-0.3, -0.25) is 9.00 Å². The molecular weight excluding hydrogens is 244 g/mol. The molecule has 2 unspecified atom stereocenters. The van der Waals surface area contributed by atoms with Crippen molar-refractivity contribution in [1.29, 1.82) is 0 Å². The van der Waals surface area contributed by atoms with E-state index in [1.165, 1.54) is 6.20 Å². The van der Waals surface area contributed by atoms with E-state index in [1.54, 1.807) is 18.2 Å². The van der Waals surface area contributed by atoms with Gasteiger partial charge in [0, 0.05) is 17.0 Å². The van der Waals surface area contributed by atoms with E-state index in [0.717, 1.165) is 0 Å². The second-order valence-electron chi connectivity index (χ2n) is 3.35. The SMILES string of the molecule is O=C(CS(=O)CC(O)CO)Nc1ccccn1. The molecule has 1 rings (SSSR count). The summed E-state index contributed by atoms with van der Waals surface area (Å²) in [7, 11) is -1.50. The first-order chi connectivity index (χ1) is 8.11. The number of aliphatic hydroxyl groups excluding tert-OH is 2. The van der Waals surface area contributed by atoms with E-state index in [1.807, 2.05) is 0 Å². The summed E-state index contributed by atoms with van der Waals surface area (Å²) in [6.07, 6.45) is 0.473. The zero-order valence-electron chi connectivity index (χ0n) is 9.07. The summed E-state index contributed by atoms with van der Waals surface area (Å²) in [5, 5.41) is 20.1. The predicted octanol–water partition coefficient (Wildman–Crippen LogP) is -0.878. The standard InChI is InChI=1S/C10H14N2O4S/c13-5-8(14)6-17(16)7-10(15)12-9-3-1-2-4-11-9/h1-4,8,13-14H,5-7H2,(H,11,12,15). The molecule has 1 aromatic rings. The normalized spacial score (nSPS) is 14.0. The summed E-state index contributed by atoms with van der Waals surface area (Å²) < 4.78 is 11.4. The Morgan fingerprint density at radius 1 is 1.53 bits per heavy atom. The Morgan fingerprint density at radius 2 is 2.29 bits per heavy atom. The van der Waals surface area contributed by atoms with E-state index < -0.39 is 29.4 Å². The minimum absolute atomic E-state index is 0.119. The van der Waals surface area contributed by atoms with Crippen LogP contribution in [0, 0.1) is 0 Å². The molecule has 6 nitrogen and oxygen atoms in total. The summed E-state index contributed by atoms with van der Waals surface area (Å²) in [6, 6.07) is 5.05. The van der Waals surface area contributed by atoms with E-state index in [-0.39, 0.29) is 11.5 Å². The van der Waals surface area contributed by atoms with Crippen molar-refractivity contribution in [1.82, 2.24) is 4.98 Å². The summed E-state index contributed by atoms with van der Waals surface area (Å²) in [5.74, 6) is -0.399. The Morgan fingerprint density at radius 3 is 2.88 bits per heavy atom. The number of hydrogen-bond acceptors (Lipinski definition) is 5. The number of pyridine rings is 1. The maximum atomic E-state index is 11.4. The van der Waals surface area contributed by atoms with Crippen LogP contribution in [0.15, 0.2) is 24.4 Å². The minimum atomic E-state index is -1.50. The van der Waals surface area contributed by atoms with Crippen molar-refractivity contribution in [2.24, 2.45) is 0 Å². The van der Waals surface area contributed by atoms with Gasteiger partial charge in [-0.1, -0.05) is 6.07 Å². The molecule has 7 heteroatoms. The van der Waals surface area contributed by atoms with Gasteiger partial charge < -0.3 is 15.5 Å². The van der Waals surface area contributed by atoms with Gasteiger partial charge >= 0.3 is 0 Å². The van der Waals surface area contributed by atoms with Gasteiger partial charge in [0.05, 0.1) is 18.5 Å². The zero-order chi connectivity index (χ0) is 12.7. The summed E-state index contributed by atoms with van der Waals surface area (Å²) >= 11 is 0. The molecule has 0 spiro atoms. The average molecular weight is 258 g/mol. The number of nitrogens with one attached hydrogen (secondary N) is 1. The number of carbonyl (C=O) groups excluding carboxylic acids is 1. The monoisotopic (exact) mass is 258 g/mol. The van der Waals surface area contributed by atoms with Gasteiger partial charge in [-0.25, -0.2) is 4.98 Å². The molecule has 0 aliphatic rings. The van der Waals surface area contributed by atoms with Crippen molar-refractivity contribution in [2.75, 3.05) is 23.4 Å². The number of amides is 1. The first-order valence-electron chi connectivity index (χ1n) is 4.96. The first-order valence-corrected chi connectivity index (χ1v) is 6.45. The van der Waals surface area contributed by atoms with Crippen molar-refractivity contribution in [3.63, 3.8) is 0 Å². The van der Waals surface area contributed by atoms with Crippen molar-refractivity contribution in [3.8, 4) is 0 Å². The third kappa shape index (κ3) is 5.53. The van der Waals surface area contributed by atoms with Gasteiger partial charge in [-0.05, 0) is 12.1 Å². The molecule has 0 fully saturated rings. The van der Waals surface area contributed by atoms with Gasteiger partial charge in [0.1, 0.15) is 11.6 Å². The predicted molar refractivity (Wildman–Crippen MR) is 63.8 cm³/mol. The molecule has 3 N–H and O–H groups in total. The van der Waals surface area contributed by atoms with Crippen LogP contribution in [0.4, 0.5) is 5.82 Å². The highest BCUT2D eigenvalue weighted by Gasteiger charge is 2.12. The Bertz CT molecular complexity index is 385. The Hall–Kier alpha value is -1.31. The van der Waals surface area contributed by atoms with Crippen LogP contribution >= 0.6 is 0 Å². The van der Waals surface area contributed by atoms with Gasteiger partial charge in [-0.2, -0.15) is 0 Å². The largest absolute Gasteiger partial charge is 0.394 e. The molecule has 0 aliphatic heterocycles. The topological polar surface area (TPSA) is 99.5 Å². The maximum Gasteiger partial charge on any atom is 0.238 e. The lowest BCUT2D eigenvalue weighted by atomic mass is 10.4. The fourth-order valence-corrected chi connectivity index (χ4v) is 2.11. The van der Waals surface area contributed by atoms with E-state index in [9.17, 15) is 9.00 Å². The molecule has 0 aliphatic carbocycles. The molecule has 0 aromatic carbocycles. The van der Waals surface area contributed by atoms with Crippen molar-refractivity contribution in [2.45, 2.75) is 6.10 Å². The quantitative estimate of drug-likeness (QED) is 0.615. The molecular formula is C10H14N2O4S. The molecule has 94 valence electrons. The number of aliphatic hydroxyl groups is 2. The van der Waals surface area contributed by atoms with Gasteiger partial charge in [0.2, 0.25) is 5.91 Å². The van der Waals surface area contributed by atoms with Crippen LogP contribution in [-0.2, 0) is 15.6 Å². The Kier molecular flexibility index (Phi) is 5.75. The third-order valence-corrected chi connectivity index (χ3v) is 3.15. The lowest BCUT2D eigenvalue weighted by Gasteiger charge is -2.07. The van der Waals surface area contributed by atoms with E-state index in [4.69, 9.17) is 10.2 Å². The number of aromatic nitrogens is 1. The van der Waals surface area contributed by atoms with Crippen LogP contribution in [0.1, 0.15) is 0 Å². The molecule has 0 bridgehead atoms. The number of carbonyl (C=O) groups is 1. The van der Waals surface area contributed by atoms with Gasteiger partial charge in [-0.15, -0.1) is 0 Å². The highest BCUT2D eigenvalue weighted by atomic mass is 32.2. The van der Waals surface area contributed by atoms with E-state index in [2.05, 4.69) is 10.3 Å². The number of hydrogen-bond donors (Lipinski definition) is 3. The van der Waals surface area contributed by atoms with E-state index >= 15 is 0 Å². The molecule has 17 heavy (non-hydrogen) atoms. The number of anilines is 1. The Labute approximate surface area is 101 Å². The molecule has 0 radical (unpaired) electrons. The molecule has 0 saturated heterocycles. The average Bonchev–Trinajstić information content (AvgIpc) is 2.29. The second kappa shape index (κ2) is 7.10. The lowest BCUT2D eigenvalue weighted by Crippen LogP contribution is -2.27. The highest BCUT2D eigenvalue weighted by molar-refractivity contribution is 7.85. The van der Waals surface area contributed by atoms with Crippen molar-refractivity contribution in [3.05, 3.63) is 24.4 Å². The summed E-state index contributed by atoms with van der Waals surface area (Å²) in [4.78, 5) is 15.3. The fraction of sp³-hybridized carbons (Fsp3) is 0.400. The van der Waals surface area contributed by atoms with Crippen LogP contribution in [0.5, 0.6) is 0 Å². The summed E-state index contributed by atoms with van der Waals surface area (Å²) in [5.41, 5.74) is 0. The molecule has 2 atom stereocenters. The lowest BCUT2D eigenvalue weighted by molar-refractivity contribution is -0.113. The molecule has 0 saturated carbocycles. The van der Waals surface area contributed by atoms with E-state index in [0.29, 0.717) is 5.82 Å². The fourth-order valence-electron chi connectivity index (χ4n) is 1.09. The minimum Gasteiger partial charge on any atom is -0.394 e. The molecule has 1 amide bonds. The first kappa shape index (κ1) is 13.8. The van der Waals surface area contributed by atoms with Crippen LogP contribution in [-0.4, -0.2) is 49.5 Å². The third-order valence-electron chi connectivity index (χ3n) is 1.81. The van der Waals surface area contributed by atoms with Crippen molar-refractivity contribution >= 4 is 22.5 Å². The maximum absolute atomic E-state index is 11.4. The van der Waals surface area contributed by atoms with Crippen LogP contribution in [0.2, 0.25) is 0 Å². The molecule has 1 aromatic heterocycles. The highest BCUT2D eigenvalue weighted by Crippen LogP contribution is 2.00.